The largest absolute Gasteiger partial charge is 0.352 e. The summed E-state index contributed by atoms with van der Waals surface area (Å²) in [4.78, 5) is 43.6. The molecule has 29 heavy (non-hydrogen) atoms. The minimum atomic E-state index is -0.238. The van der Waals surface area contributed by atoms with Gasteiger partial charge in [0.2, 0.25) is 11.8 Å². The average molecular weight is 416 g/mol. The summed E-state index contributed by atoms with van der Waals surface area (Å²) in [5.41, 5.74) is 2.84. The van der Waals surface area contributed by atoms with Crippen LogP contribution in [0.4, 0.5) is 9.93 Å². The van der Waals surface area contributed by atoms with Gasteiger partial charge in [0.05, 0.1) is 12.1 Å². The van der Waals surface area contributed by atoms with Gasteiger partial charge in [0.25, 0.3) is 0 Å². The number of nitrogens with one attached hydrogen (secondary N) is 2. The van der Waals surface area contributed by atoms with E-state index in [-0.39, 0.29) is 24.3 Å². The third kappa shape index (κ3) is 6.02. The van der Waals surface area contributed by atoms with E-state index in [0.29, 0.717) is 43.5 Å². The summed E-state index contributed by atoms with van der Waals surface area (Å²) in [6.45, 7) is 6.08. The normalized spacial score (nSPS) is 13.9. The number of piperazine rings is 1. The van der Waals surface area contributed by atoms with Gasteiger partial charge in [-0.1, -0.05) is 29.8 Å². The number of carbonyl (C=O) groups excluding carboxylic acids is 3. The molecule has 0 unspecified atom stereocenters. The first-order valence-corrected chi connectivity index (χ1v) is 10.4. The first-order valence-electron chi connectivity index (χ1n) is 9.49. The second-order valence-corrected chi connectivity index (χ2v) is 7.86. The Morgan fingerprint density at radius 1 is 1.07 bits per heavy atom. The number of anilines is 1. The van der Waals surface area contributed by atoms with Crippen molar-refractivity contribution >= 4 is 34.3 Å². The van der Waals surface area contributed by atoms with Crippen LogP contribution >= 0.6 is 11.3 Å². The van der Waals surface area contributed by atoms with Gasteiger partial charge in [0, 0.05) is 45.0 Å². The third-order valence-corrected chi connectivity index (χ3v) is 5.54. The minimum Gasteiger partial charge on any atom is -0.352 e. The monoisotopic (exact) mass is 415 g/mol. The van der Waals surface area contributed by atoms with Crippen LogP contribution in [0, 0.1) is 6.92 Å². The van der Waals surface area contributed by atoms with Crippen molar-refractivity contribution in [2.45, 2.75) is 26.8 Å². The van der Waals surface area contributed by atoms with Gasteiger partial charge < -0.3 is 15.1 Å². The summed E-state index contributed by atoms with van der Waals surface area (Å²) >= 11 is 1.29. The van der Waals surface area contributed by atoms with Crippen LogP contribution in [-0.2, 0) is 22.6 Å². The molecule has 0 bridgehead atoms. The Labute approximate surface area is 173 Å². The Morgan fingerprint density at radius 3 is 2.38 bits per heavy atom. The number of nitrogens with zero attached hydrogens (tertiary/aromatic N) is 3. The molecule has 0 saturated carbocycles. The zero-order valence-corrected chi connectivity index (χ0v) is 17.4. The molecule has 1 aromatic carbocycles. The molecular formula is C20H25N5O3S. The number of urea groups is 1. The molecule has 3 rings (SSSR count). The zero-order chi connectivity index (χ0) is 20.8. The molecule has 0 radical (unpaired) electrons. The number of thiazole rings is 1. The quantitative estimate of drug-likeness (QED) is 0.781. The number of hydrogen-bond donors (Lipinski definition) is 2. The summed E-state index contributed by atoms with van der Waals surface area (Å²) in [6.07, 6.45) is 0.162. The molecule has 0 atom stereocenters. The molecule has 4 amide bonds. The lowest BCUT2D eigenvalue weighted by atomic mass is 10.1. The topological polar surface area (TPSA) is 94.6 Å². The summed E-state index contributed by atoms with van der Waals surface area (Å²) in [7, 11) is 0. The number of aryl methyl sites for hydroxylation is 1. The van der Waals surface area contributed by atoms with Crippen LogP contribution in [-0.4, -0.2) is 58.8 Å². The molecule has 1 saturated heterocycles. The summed E-state index contributed by atoms with van der Waals surface area (Å²) in [6, 6.07) is 7.76. The van der Waals surface area contributed by atoms with Gasteiger partial charge in [-0.15, -0.1) is 11.3 Å². The van der Waals surface area contributed by atoms with Crippen LogP contribution < -0.4 is 10.6 Å². The number of aromatic nitrogens is 1. The van der Waals surface area contributed by atoms with Crippen molar-refractivity contribution in [3.63, 3.8) is 0 Å². The van der Waals surface area contributed by atoms with E-state index >= 15 is 0 Å². The maximum absolute atomic E-state index is 12.4. The number of benzene rings is 1. The van der Waals surface area contributed by atoms with Crippen molar-refractivity contribution in [2.24, 2.45) is 0 Å². The van der Waals surface area contributed by atoms with Gasteiger partial charge in [-0.3, -0.25) is 14.9 Å². The van der Waals surface area contributed by atoms with E-state index in [1.165, 1.54) is 23.8 Å². The average Bonchev–Trinajstić information content (AvgIpc) is 3.14. The van der Waals surface area contributed by atoms with Gasteiger partial charge in [-0.05, 0) is 12.5 Å². The molecule has 1 aromatic heterocycles. The van der Waals surface area contributed by atoms with E-state index in [4.69, 9.17) is 0 Å². The molecule has 154 valence electrons. The number of rotatable bonds is 5. The highest BCUT2D eigenvalue weighted by atomic mass is 32.1. The van der Waals surface area contributed by atoms with E-state index in [1.807, 2.05) is 31.2 Å². The first kappa shape index (κ1) is 20.8. The lowest BCUT2D eigenvalue weighted by molar-refractivity contribution is -0.130. The molecule has 2 N–H and O–H groups in total. The van der Waals surface area contributed by atoms with Gasteiger partial charge in [-0.25, -0.2) is 9.78 Å². The Bertz CT molecular complexity index is 872. The van der Waals surface area contributed by atoms with E-state index in [1.54, 1.807) is 15.2 Å². The van der Waals surface area contributed by atoms with Crippen LogP contribution in [0.3, 0.4) is 0 Å². The van der Waals surface area contributed by atoms with Crippen LogP contribution in [0.1, 0.15) is 23.7 Å². The standard InChI is InChI=1S/C20H25N5O3S/c1-14-3-5-16(6-4-14)12-21-18(27)11-17-13-29-19(22-17)23-20(28)25-9-7-24(8-10-25)15(2)26/h3-6,13H,7-12H2,1-2H3,(H,21,27)(H,22,23,28). The molecule has 0 aliphatic carbocycles. The molecule has 1 aliphatic rings. The van der Waals surface area contributed by atoms with Crippen molar-refractivity contribution < 1.29 is 14.4 Å². The van der Waals surface area contributed by atoms with Gasteiger partial charge in [0.1, 0.15) is 0 Å². The van der Waals surface area contributed by atoms with E-state index in [0.717, 1.165) is 5.56 Å². The van der Waals surface area contributed by atoms with Crippen LogP contribution in [0.2, 0.25) is 0 Å². The fraction of sp³-hybridized carbons (Fsp3) is 0.400. The highest BCUT2D eigenvalue weighted by Crippen LogP contribution is 2.17. The highest BCUT2D eigenvalue weighted by molar-refractivity contribution is 7.13. The molecule has 1 fully saturated rings. The van der Waals surface area contributed by atoms with E-state index < -0.39 is 0 Å². The Morgan fingerprint density at radius 2 is 1.72 bits per heavy atom. The Balaban J connectivity index is 1.44. The smallest absolute Gasteiger partial charge is 0.323 e. The van der Waals surface area contributed by atoms with E-state index in [2.05, 4.69) is 15.6 Å². The maximum atomic E-state index is 12.4. The Hall–Kier alpha value is -2.94. The maximum Gasteiger partial charge on any atom is 0.323 e. The highest BCUT2D eigenvalue weighted by Gasteiger charge is 2.23. The second kappa shape index (κ2) is 9.51. The lowest BCUT2D eigenvalue weighted by Gasteiger charge is -2.33. The molecule has 8 nitrogen and oxygen atoms in total. The van der Waals surface area contributed by atoms with Crippen molar-refractivity contribution in [3.8, 4) is 0 Å². The molecule has 1 aliphatic heterocycles. The zero-order valence-electron chi connectivity index (χ0n) is 16.6. The predicted octanol–water partition coefficient (Wildman–Crippen LogP) is 2.01. The number of carbonyl (C=O) groups is 3. The van der Waals surface area contributed by atoms with Crippen molar-refractivity contribution in [1.29, 1.82) is 0 Å². The Kier molecular flexibility index (Phi) is 6.82. The van der Waals surface area contributed by atoms with Crippen LogP contribution in [0.5, 0.6) is 0 Å². The van der Waals surface area contributed by atoms with E-state index in [9.17, 15) is 14.4 Å². The number of hydrogen-bond acceptors (Lipinski definition) is 5. The van der Waals surface area contributed by atoms with Gasteiger partial charge in [0.15, 0.2) is 5.13 Å². The summed E-state index contributed by atoms with van der Waals surface area (Å²) < 4.78 is 0. The van der Waals surface area contributed by atoms with Crippen molar-refractivity contribution in [3.05, 3.63) is 46.5 Å². The fourth-order valence-electron chi connectivity index (χ4n) is 2.97. The van der Waals surface area contributed by atoms with Crippen molar-refractivity contribution in [2.75, 3.05) is 31.5 Å². The lowest BCUT2D eigenvalue weighted by Crippen LogP contribution is -2.51. The van der Waals surface area contributed by atoms with Crippen molar-refractivity contribution in [1.82, 2.24) is 20.1 Å². The second-order valence-electron chi connectivity index (χ2n) is 7.01. The summed E-state index contributed by atoms with van der Waals surface area (Å²) in [5.74, 6) is -0.0932. The first-order chi connectivity index (χ1) is 13.9. The molecule has 9 heteroatoms. The predicted molar refractivity (Wildman–Crippen MR) is 112 cm³/mol. The molecule has 2 aromatic rings. The fourth-order valence-corrected chi connectivity index (χ4v) is 3.67. The number of amides is 4. The van der Waals surface area contributed by atoms with Crippen LogP contribution in [0.15, 0.2) is 29.6 Å². The minimum absolute atomic E-state index is 0.0234. The third-order valence-electron chi connectivity index (χ3n) is 4.73. The molecule has 2 heterocycles. The summed E-state index contributed by atoms with van der Waals surface area (Å²) in [5, 5.41) is 7.89. The SMILES string of the molecule is CC(=O)N1CCN(C(=O)Nc2nc(CC(=O)NCc3ccc(C)cc3)cs2)CC1. The van der Waals surface area contributed by atoms with Gasteiger partial charge in [-0.2, -0.15) is 0 Å². The molecular weight excluding hydrogens is 390 g/mol. The van der Waals surface area contributed by atoms with Crippen LogP contribution in [0.25, 0.3) is 0 Å². The molecule has 0 spiro atoms. The van der Waals surface area contributed by atoms with Gasteiger partial charge >= 0.3 is 6.03 Å².